The Labute approximate surface area is 215 Å². The van der Waals surface area contributed by atoms with Gasteiger partial charge in [-0.25, -0.2) is 14.2 Å². The summed E-state index contributed by atoms with van der Waals surface area (Å²) in [5.74, 6) is 0.0491. The SMILES string of the molecule is O=c1[nH]c(O)c(/C=c2\cnn3c(=NC4CC4)cc(Nc4ccc(OCCN5CCOCC5)cc4F)nc23)[nH]1. The van der Waals surface area contributed by atoms with Gasteiger partial charge in [0, 0.05) is 37.0 Å². The van der Waals surface area contributed by atoms with Crippen molar-refractivity contribution in [2.45, 2.75) is 18.9 Å². The maximum atomic E-state index is 15.0. The van der Waals surface area contributed by atoms with Crippen molar-refractivity contribution in [3.63, 3.8) is 0 Å². The van der Waals surface area contributed by atoms with E-state index in [-0.39, 0.29) is 23.3 Å². The predicted molar refractivity (Wildman–Crippen MR) is 136 cm³/mol. The minimum atomic E-state index is -0.533. The summed E-state index contributed by atoms with van der Waals surface area (Å²) in [7, 11) is 0. The number of hydrogen-bond acceptors (Lipinski definition) is 9. The molecule has 4 N–H and O–H groups in total. The molecule has 0 radical (unpaired) electrons. The number of aromatic hydroxyl groups is 1. The van der Waals surface area contributed by atoms with Crippen LogP contribution in [0.1, 0.15) is 18.5 Å². The fraction of sp³-hybridized carbons (Fsp3) is 0.360. The number of rotatable bonds is 8. The second kappa shape index (κ2) is 10.3. The Balaban J connectivity index is 1.26. The van der Waals surface area contributed by atoms with Crippen LogP contribution < -0.4 is 26.4 Å². The van der Waals surface area contributed by atoms with Crippen molar-refractivity contribution in [1.82, 2.24) is 29.5 Å². The van der Waals surface area contributed by atoms with E-state index >= 15 is 0 Å². The number of benzene rings is 1. The van der Waals surface area contributed by atoms with Gasteiger partial charge in [0.25, 0.3) is 0 Å². The van der Waals surface area contributed by atoms with Crippen molar-refractivity contribution < 1.29 is 19.0 Å². The average molecular weight is 523 g/mol. The highest BCUT2D eigenvalue weighted by Gasteiger charge is 2.20. The van der Waals surface area contributed by atoms with Crippen molar-refractivity contribution in [1.29, 1.82) is 0 Å². The summed E-state index contributed by atoms with van der Waals surface area (Å²) in [6.45, 7) is 4.39. The fourth-order valence-corrected chi connectivity index (χ4v) is 4.20. The molecule has 2 aliphatic rings. The Hall–Kier alpha value is -4.23. The average Bonchev–Trinajstić information content (AvgIpc) is 3.54. The van der Waals surface area contributed by atoms with E-state index in [1.807, 2.05) is 0 Å². The van der Waals surface area contributed by atoms with Gasteiger partial charge in [0.05, 0.1) is 31.1 Å². The predicted octanol–water partition coefficient (Wildman–Crippen LogP) is 0.656. The highest BCUT2D eigenvalue weighted by molar-refractivity contribution is 5.62. The van der Waals surface area contributed by atoms with E-state index in [0.29, 0.717) is 34.5 Å². The zero-order valence-electron chi connectivity index (χ0n) is 20.5. The Kier molecular flexibility index (Phi) is 6.52. The van der Waals surface area contributed by atoms with Crippen LogP contribution in [-0.2, 0) is 4.74 Å². The molecule has 0 atom stereocenters. The van der Waals surface area contributed by atoms with E-state index in [0.717, 1.165) is 45.7 Å². The molecular formula is C25H27FN8O4. The van der Waals surface area contributed by atoms with E-state index in [9.17, 15) is 14.3 Å². The summed E-state index contributed by atoms with van der Waals surface area (Å²) >= 11 is 0. The summed E-state index contributed by atoms with van der Waals surface area (Å²) in [6, 6.07) is 6.58. The molecule has 1 aromatic carbocycles. The van der Waals surface area contributed by atoms with E-state index in [1.165, 1.54) is 6.07 Å². The maximum absolute atomic E-state index is 15.0. The van der Waals surface area contributed by atoms with Gasteiger partial charge >= 0.3 is 5.69 Å². The van der Waals surface area contributed by atoms with Crippen LogP contribution in [0.3, 0.4) is 0 Å². The van der Waals surface area contributed by atoms with Gasteiger partial charge in [0.2, 0.25) is 5.88 Å². The van der Waals surface area contributed by atoms with E-state index in [2.05, 4.69) is 30.3 Å². The molecule has 4 heterocycles. The highest BCUT2D eigenvalue weighted by atomic mass is 19.1. The second-order valence-electron chi connectivity index (χ2n) is 9.25. The van der Waals surface area contributed by atoms with Crippen LogP contribution in [0.15, 0.2) is 40.2 Å². The zero-order valence-corrected chi connectivity index (χ0v) is 20.5. The standard InChI is InChI=1S/C25H27FN8O4/c26-18-12-17(38-10-7-33-5-8-37-9-6-33)3-4-19(18)29-21-13-22(28-16-1-2-16)34-23(31-21)15(14-27-34)11-20-24(35)32-25(36)30-20/h3-4,11-14,16,29,35H,1-2,5-10H2,(H2,30,32,36)/b15-11+,28-22?. The third-order valence-electron chi connectivity index (χ3n) is 6.36. The number of aromatic nitrogens is 5. The number of fused-ring (bicyclic) bond motifs is 1. The molecule has 198 valence electrons. The number of aromatic amines is 2. The van der Waals surface area contributed by atoms with Crippen molar-refractivity contribution in [2.75, 3.05) is 44.8 Å². The molecule has 1 aliphatic heterocycles. The Morgan fingerprint density at radius 2 is 2.11 bits per heavy atom. The molecule has 1 aliphatic carbocycles. The first-order valence-electron chi connectivity index (χ1n) is 12.5. The largest absolute Gasteiger partial charge is 0.493 e. The van der Waals surface area contributed by atoms with Crippen molar-refractivity contribution in [2.24, 2.45) is 4.99 Å². The summed E-state index contributed by atoms with van der Waals surface area (Å²) in [5.41, 5.74) is 0.890. The number of H-pyrrole nitrogens is 2. The molecule has 0 unspecified atom stereocenters. The molecule has 13 heteroatoms. The van der Waals surface area contributed by atoms with E-state index < -0.39 is 11.5 Å². The van der Waals surface area contributed by atoms with Crippen LogP contribution in [0.4, 0.5) is 15.9 Å². The molecule has 4 aromatic rings. The number of imidazole rings is 1. The van der Waals surface area contributed by atoms with Crippen LogP contribution in [-0.4, -0.2) is 80.1 Å². The smallest absolute Gasteiger partial charge is 0.326 e. The summed E-state index contributed by atoms with van der Waals surface area (Å²) in [5, 5.41) is 17.9. The van der Waals surface area contributed by atoms with Gasteiger partial charge < -0.3 is 24.9 Å². The Morgan fingerprint density at radius 1 is 1.26 bits per heavy atom. The molecule has 12 nitrogen and oxygen atoms in total. The van der Waals surface area contributed by atoms with Crippen molar-refractivity contribution in [3.8, 4) is 11.6 Å². The number of halogens is 1. The van der Waals surface area contributed by atoms with Crippen LogP contribution >= 0.6 is 0 Å². The van der Waals surface area contributed by atoms with Gasteiger partial charge in [-0.3, -0.25) is 14.9 Å². The van der Waals surface area contributed by atoms with Crippen molar-refractivity contribution in [3.05, 3.63) is 63.2 Å². The fourth-order valence-electron chi connectivity index (χ4n) is 4.20. The van der Waals surface area contributed by atoms with Gasteiger partial charge in [-0.15, -0.1) is 0 Å². The molecule has 2 fully saturated rings. The monoisotopic (exact) mass is 522 g/mol. The first kappa shape index (κ1) is 24.1. The van der Waals surface area contributed by atoms with E-state index in [1.54, 1.807) is 35.0 Å². The molecule has 1 saturated heterocycles. The van der Waals surface area contributed by atoms with Crippen molar-refractivity contribution >= 4 is 23.2 Å². The summed E-state index contributed by atoms with van der Waals surface area (Å²) in [4.78, 5) is 27.9. The summed E-state index contributed by atoms with van der Waals surface area (Å²) < 4.78 is 27.7. The molecular weight excluding hydrogens is 495 g/mol. The number of nitrogens with one attached hydrogen (secondary N) is 3. The van der Waals surface area contributed by atoms with Gasteiger partial charge in [0.1, 0.15) is 29.7 Å². The minimum absolute atomic E-state index is 0.195. The number of hydrogen-bond donors (Lipinski definition) is 4. The minimum Gasteiger partial charge on any atom is -0.493 e. The van der Waals surface area contributed by atoms with Gasteiger partial charge in [0.15, 0.2) is 11.1 Å². The molecule has 38 heavy (non-hydrogen) atoms. The lowest BCUT2D eigenvalue weighted by atomic mass is 10.3. The molecule has 0 spiro atoms. The lowest BCUT2D eigenvalue weighted by molar-refractivity contribution is 0.0322. The van der Waals surface area contributed by atoms with Crippen LogP contribution in [0.5, 0.6) is 11.6 Å². The molecule has 0 bridgehead atoms. The van der Waals surface area contributed by atoms with Gasteiger partial charge in [-0.1, -0.05) is 0 Å². The second-order valence-corrected chi connectivity index (χ2v) is 9.25. The zero-order chi connectivity index (χ0) is 26.1. The van der Waals surface area contributed by atoms with Crippen LogP contribution in [0.25, 0.3) is 11.7 Å². The first-order valence-corrected chi connectivity index (χ1v) is 12.5. The highest BCUT2D eigenvalue weighted by Crippen LogP contribution is 2.24. The summed E-state index contributed by atoms with van der Waals surface area (Å²) in [6.07, 6.45) is 5.10. The van der Waals surface area contributed by atoms with Gasteiger partial charge in [-0.2, -0.15) is 9.61 Å². The topological polar surface area (TPSA) is 145 Å². The molecule has 0 amide bonds. The number of nitrogens with zero attached hydrogens (tertiary/aromatic N) is 5. The quantitative estimate of drug-likeness (QED) is 0.264. The lowest BCUT2D eigenvalue weighted by Crippen LogP contribution is -2.38. The maximum Gasteiger partial charge on any atom is 0.326 e. The third kappa shape index (κ3) is 5.38. The Bertz CT molecular complexity index is 1640. The van der Waals surface area contributed by atoms with Crippen LogP contribution in [0, 0.1) is 5.82 Å². The Morgan fingerprint density at radius 3 is 2.84 bits per heavy atom. The normalized spacial score (nSPS) is 17.4. The van der Waals surface area contributed by atoms with E-state index in [4.69, 9.17) is 14.5 Å². The van der Waals surface area contributed by atoms with Crippen LogP contribution in [0.2, 0.25) is 0 Å². The number of anilines is 2. The number of ether oxygens (including phenoxy) is 2. The molecule has 1 saturated carbocycles. The number of morpholine rings is 1. The first-order chi connectivity index (χ1) is 18.5. The lowest BCUT2D eigenvalue weighted by Gasteiger charge is -2.26. The molecule has 3 aromatic heterocycles. The van der Waals surface area contributed by atoms with Gasteiger partial charge in [-0.05, 0) is 31.1 Å². The molecule has 6 rings (SSSR count). The third-order valence-corrected chi connectivity index (χ3v) is 6.36.